The number of aliphatic carboxylic acids is 2. The number of aromatic nitrogens is 3. The number of carbonyl (C=O) groups excluding carboxylic acids is 1. The average Bonchev–Trinajstić information content (AvgIpc) is 3.28. The van der Waals surface area contributed by atoms with Gasteiger partial charge in [0.05, 0.1) is 5.56 Å². The van der Waals surface area contributed by atoms with E-state index >= 15 is 0 Å². The molecule has 0 aliphatic carbocycles. The number of piperidine rings is 1. The van der Waals surface area contributed by atoms with E-state index in [0.29, 0.717) is 5.56 Å². The van der Waals surface area contributed by atoms with Crippen molar-refractivity contribution in [3.8, 4) is 0 Å². The molecule has 2 fully saturated rings. The predicted octanol–water partition coefficient (Wildman–Crippen LogP) is 3.27. The van der Waals surface area contributed by atoms with Crippen LogP contribution in [0.25, 0.3) is 0 Å². The number of hydrogen-bond donors (Lipinski definition) is 2. The highest BCUT2D eigenvalue weighted by molar-refractivity contribution is 5.94. The molecule has 10 nitrogen and oxygen atoms in total. The molecule has 0 bridgehead atoms. The number of hydrogen-bond acceptors (Lipinski definition) is 7. The van der Waals surface area contributed by atoms with Gasteiger partial charge < -0.3 is 20.0 Å². The summed E-state index contributed by atoms with van der Waals surface area (Å²) < 4.78 is 63.5. The molecular weight excluding hydrogens is 528 g/mol. The van der Waals surface area contributed by atoms with E-state index in [4.69, 9.17) is 19.8 Å². The lowest BCUT2D eigenvalue weighted by Crippen LogP contribution is -2.42. The van der Waals surface area contributed by atoms with Gasteiger partial charge >= 0.3 is 24.3 Å². The molecule has 4 heterocycles. The number of nitrogens with zero attached hydrogens (tertiary/aromatic N) is 5. The van der Waals surface area contributed by atoms with E-state index in [1.807, 2.05) is 23.1 Å². The molecular formula is C22H23F6N5O5. The van der Waals surface area contributed by atoms with Gasteiger partial charge in [0.2, 0.25) is 5.95 Å². The summed E-state index contributed by atoms with van der Waals surface area (Å²) in [6.45, 7) is 3.61. The zero-order chi connectivity index (χ0) is 28.6. The Kier molecular flexibility index (Phi) is 9.96. The van der Waals surface area contributed by atoms with Gasteiger partial charge in [-0.15, -0.1) is 0 Å². The SMILES string of the molecule is O=C(O)C(F)(F)F.O=C(O)C(F)(F)F.O=C(c1cccnc1)N1CCC2(CCN(c3ncccn3)CC2)C1. The van der Waals surface area contributed by atoms with E-state index < -0.39 is 24.3 Å². The van der Waals surface area contributed by atoms with Crippen molar-refractivity contribution >= 4 is 23.8 Å². The fourth-order valence-corrected chi connectivity index (χ4v) is 3.82. The quantitative estimate of drug-likeness (QED) is 0.539. The highest BCUT2D eigenvalue weighted by Crippen LogP contribution is 2.41. The molecule has 2 saturated heterocycles. The molecule has 2 aromatic heterocycles. The Morgan fingerprint density at radius 2 is 1.32 bits per heavy atom. The van der Waals surface area contributed by atoms with E-state index in [-0.39, 0.29) is 11.3 Å². The molecule has 2 aliphatic rings. The molecule has 0 atom stereocenters. The molecule has 2 aromatic rings. The number of rotatable bonds is 2. The zero-order valence-corrected chi connectivity index (χ0v) is 19.6. The second-order valence-corrected chi connectivity index (χ2v) is 8.36. The average molecular weight is 551 g/mol. The molecule has 4 rings (SSSR count). The van der Waals surface area contributed by atoms with Crippen molar-refractivity contribution in [3.05, 3.63) is 48.5 Å². The van der Waals surface area contributed by atoms with Crippen LogP contribution in [0.3, 0.4) is 0 Å². The molecule has 2 N–H and O–H groups in total. The Labute approximate surface area is 211 Å². The summed E-state index contributed by atoms with van der Waals surface area (Å²) in [7, 11) is 0. The summed E-state index contributed by atoms with van der Waals surface area (Å²) in [6, 6.07) is 5.50. The van der Waals surface area contributed by atoms with Crippen LogP contribution < -0.4 is 4.90 Å². The van der Waals surface area contributed by atoms with E-state index in [1.54, 1.807) is 24.8 Å². The van der Waals surface area contributed by atoms with Crippen LogP contribution in [0.4, 0.5) is 32.3 Å². The summed E-state index contributed by atoms with van der Waals surface area (Å²) in [4.78, 5) is 47.4. The fraction of sp³-hybridized carbons (Fsp3) is 0.455. The number of halogens is 6. The molecule has 208 valence electrons. The molecule has 16 heteroatoms. The van der Waals surface area contributed by atoms with E-state index in [1.165, 1.54) is 0 Å². The van der Waals surface area contributed by atoms with Gasteiger partial charge in [-0.05, 0) is 42.9 Å². The smallest absolute Gasteiger partial charge is 0.475 e. The van der Waals surface area contributed by atoms with Gasteiger partial charge in [0.25, 0.3) is 5.91 Å². The van der Waals surface area contributed by atoms with Crippen LogP contribution in [0, 0.1) is 5.41 Å². The monoisotopic (exact) mass is 551 g/mol. The topological polar surface area (TPSA) is 137 Å². The Hall–Kier alpha value is -3.98. The molecule has 0 aromatic carbocycles. The normalized spacial score (nSPS) is 16.6. The summed E-state index contributed by atoms with van der Waals surface area (Å²) in [5.74, 6) is -4.59. The van der Waals surface area contributed by atoms with Gasteiger partial charge in [-0.1, -0.05) is 0 Å². The number of alkyl halides is 6. The van der Waals surface area contributed by atoms with E-state index in [9.17, 15) is 31.1 Å². The van der Waals surface area contributed by atoms with Crippen LogP contribution in [0.1, 0.15) is 29.6 Å². The van der Waals surface area contributed by atoms with E-state index in [2.05, 4.69) is 19.9 Å². The number of carboxylic acids is 2. The maximum absolute atomic E-state index is 12.6. The molecule has 0 radical (unpaired) electrons. The minimum Gasteiger partial charge on any atom is -0.475 e. The largest absolute Gasteiger partial charge is 0.490 e. The number of likely N-dealkylation sites (tertiary alicyclic amines) is 1. The van der Waals surface area contributed by atoms with Crippen LogP contribution >= 0.6 is 0 Å². The molecule has 1 amide bonds. The predicted molar refractivity (Wildman–Crippen MR) is 118 cm³/mol. The van der Waals surface area contributed by atoms with Crippen molar-refractivity contribution in [1.82, 2.24) is 19.9 Å². The molecule has 38 heavy (non-hydrogen) atoms. The third kappa shape index (κ3) is 8.85. The summed E-state index contributed by atoms with van der Waals surface area (Å²) >= 11 is 0. The lowest BCUT2D eigenvalue weighted by atomic mass is 9.78. The number of carboxylic acid groups (broad SMARTS) is 2. The van der Waals surface area contributed by atoms with Crippen molar-refractivity contribution in [1.29, 1.82) is 0 Å². The minimum atomic E-state index is -5.08. The Morgan fingerprint density at radius 3 is 1.76 bits per heavy atom. The van der Waals surface area contributed by atoms with Crippen LogP contribution in [-0.4, -0.2) is 86.4 Å². The first-order valence-corrected chi connectivity index (χ1v) is 11.0. The van der Waals surface area contributed by atoms with Crippen molar-refractivity contribution in [2.45, 2.75) is 31.6 Å². The third-order valence-corrected chi connectivity index (χ3v) is 5.78. The summed E-state index contributed by atoms with van der Waals surface area (Å²) in [5, 5.41) is 14.2. The van der Waals surface area contributed by atoms with Crippen LogP contribution in [0.2, 0.25) is 0 Å². The lowest BCUT2D eigenvalue weighted by Gasteiger charge is -2.39. The van der Waals surface area contributed by atoms with Crippen molar-refractivity contribution < 1.29 is 50.9 Å². The fourth-order valence-electron chi connectivity index (χ4n) is 3.82. The molecule has 1 spiro atoms. The molecule has 2 aliphatic heterocycles. The second kappa shape index (κ2) is 12.5. The highest BCUT2D eigenvalue weighted by Gasteiger charge is 2.42. The molecule has 0 unspecified atom stereocenters. The summed E-state index contributed by atoms with van der Waals surface area (Å²) in [6.07, 6.45) is 0.0199. The molecule has 0 saturated carbocycles. The maximum Gasteiger partial charge on any atom is 0.490 e. The van der Waals surface area contributed by atoms with Gasteiger partial charge in [-0.3, -0.25) is 9.78 Å². The van der Waals surface area contributed by atoms with Crippen molar-refractivity contribution in [3.63, 3.8) is 0 Å². The third-order valence-electron chi connectivity index (χ3n) is 5.78. The van der Waals surface area contributed by atoms with Crippen LogP contribution in [-0.2, 0) is 9.59 Å². The highest BCUT2D eigenvalue weighted by atomic mass is 19.4. The number of amides is 1. The Morgan fingerprint density at radius 1 is 0.816 bits per heavy atom. The first-order valence-electron chi connectivity index (χ1n) is 11.0. The van der Waals surface area contributed by atoms with Crippen LogP contribution in [0.15, 0.2) is 43.0 Å². The van der Waals surface area contributed by atoms with Gasteiger partial charge in [-0.25, -0.2) is 19.6 Å². The Bertz CT molecular complexity index is 1050. The first kappa shape index (κ1) is 30.2. The number of anilines is 1. The second-order valence-electron chi connectivity index (χ2n) is 8.36. The van der Waals surface area contributed by atoms with Gasteiger partial charge in [-0.2, -0.15) is 26.3 Å². The van der Waals surface area contributed by atoms with E-state index in [0.717, 1.165) is 51.4 Å². The minimum absolute atomic E-state index is 0.105. The van der Waals surface area contributed by atoms with Gasteiger partial charge in [0, 0.05) is 51.0 Å². The Balaban J connectivity index is 0.000000301. The number of pyridine rings is 1. The van der Waals surface area contributed by atoms with Gasteiger partial charge in [0.1, 0.15) is 0 Å². The zero-order valence-electron chi connectivity index (χ0n) is 19.6. The van der Waals surface area contributed by atoms with Gasteiger partial charge in [0.15, 0.2) is 0 Å². The maximum atomic E-state index is 12.6. The lowest BCUT2D eigenvalue weighted by molar-refractivity contribution is -0.193. The van der Waals surface area contributed by atoms with Crippen molar-refractivity contribution in [2.24, 2.45) is 5.41 Å². The first-order chi connectivity index (χ1) is 17.6. The summed E-state index contributed by atoms with van der Waals surface area (Å²) in [5.41, 5.74) is 0.938. The standard InChI is InChI=1S/C18H21N5O.2C2HF3O2/c24-16(15-3-1-7-19-13-15)23-12-6-18(14-23)4-10-22(11-5-18)17-20-8-2-9-21-17;2*3-2(4,5)1(6)7/h1-3,7-9,13H,4-6,10-12,14H2;2*(H,6,7). The number of carbonyl (C=O) groups is 3. The van der Waals surface area contributed by atoms with Crippen molar-refractivity contribution in [2.75, 3.05) is 31.1 Å². The van der Waals surface area contributed by atoms with Crippen LogP contribution in [0.5, 0.6) is 0 Å².